The molecule has 0 unspecified atom stereocenters. The molecule has 2 aliphatic heterocycles. The maximum absolute atomic E-state index is 6.47. The maximum Gasteiger partial charge on any atom is 0.151 e. The predicted octanol–water partition coefficient (Wildman–Crippen LogP) is 17.1. The highest BCUT2D eigenvalue weighted by Gasteiger charge is 2.29. The Balaban J connectivity index is 1.23. The summed E-state index contributed by atoms with van der Waals surface area (Å²) in [5, 5.41) is 4.75. The van der Waals surface area contributed by atoms with Gasteiger partial charge in [0.15, 0.2) is 23.0 Å². The molecule has 9 aromatic carbocycles. The van der Waals surface area contributed by atoms with Crippen LogP contribution in [0.2, 0.25) is 0 Å². The van der Waals surface area contributed by atoms with Crippen LogP contribution in [0.15, 0.2) is 182 Å². The van der Waals surface area contributed by atoms with Crippen molar-refractivity contribution in [3.8, 4) is 45.3 Å². The van der Waals surface area contributed by atoms with Crippen molar-refractivity contribution < 1.29 is 9.47 Å². The van der Waals surface area contributed by atoms with E-state index in [1.807, 2.05) is 24.3 Å². The molecule has 302 valence electrons. The second kappa shape index (κ2) is 14.1. The molecule has 62 heavy (non-hydrogen) atoms. The predicted molar refractivity (Wildman–Crippen MR) is 259 cm³/mol. The Labute approximate surface area is 364 Å². The van der Waals surface area contributed by atoms with E-state index in [9.17, 15) is 0 Å². The summed E-state index contributed by atoms with van der Waals surface area (Å²) in [6.45, 7) is 13.7. The number of hydrogen-bond acceptors (Lipinski definition) is 4. The van der Waals surface area contributed by atoms with E-state index >= 15 is 0 Å². The van der Waals surface area contributed by atoms with Crippen LogP contribution in [0.1, 0.15) is 52.7 Å². The lowest BCUT2D eigenvalue weighted by Gasteiger charge is -2.33. The van der Waals surface area contributed by atoms with Crippen LogP contribution in [0, 0.1) is 0 Å². The summed E-state index contributed by atoms with van der Waals surface area (Å²) < 4.78 is 12.9. The Morgan fingerprint density at radius 1 is 0.323 bits per heavy atom. The highest BCUT2D eigenvalue weighted by atomic mass is 16.5. The Morgan fingerprint density at radius 2 is 0.629 bits per heavy atom. The van der Waals surface area contributed by atoms with Gasteiger partial charge < -0.3 is 19.3 Å². The van der Waals surface area contributed by atoms with Crippen molar-refractivity contribution in [1.82, 2.24) is 0 Å². The average Bonchev–Trinajstić information content (AvgIpc) is 3.28. The van der Waals surface area contributed by atoms with E-state index < -0.39 is 0 Å². The summed E-state index contributed by atoms with van der Waals surface area (Å²) in [6, 6.07) is 65.8. The van der Waals surface area contributed by atoms with Crippen LogP contribution in [0.5, 0.6) is 23.0 Å². The van der Waals surface area contributed by atoms with Gasteiger partial charge in [-0.05, 0) is 139 Å². The molecule has 0 fully saturated rings. The molecule has 2 heterocycles. The van der Waals surface area contributed by atoms with E-state index in [0.717, 1.165) is 57.1 Å². The number of fused-ring (bicyclic) bond motifs is 6. The number of anilines is 6. The summed E-state index contributed by atoms with van der Waals surface area (Å²) in [4.78, 5) is 4.69. The monoisotopic (exact) mass is 804 g/mol. The molecule has 0 saturated heterocycles. The highest BCUT2D eigenvalue weighted by molar-refractivity contribution is 6.22. The lowest BCUT2D eigenvalue weighted by molar-refractivity contribution is 0.477. The molecule has 0 radical (unpaired) electrons. The van der Waals surface area contributed by atoms with Crippen LogP contribution in [-0.2, 0) is 10.8 Å². The van der Waals surface area contributed by atoms with Crippen LogP contribution >= 0.6 is 0 Å². The van der Waals surface area contributed by atoms with Crippen LogP contribution < -0.4 is 19.3 Å². The lowest BCUT2D eigenvalue weighted by Crippen LogP contribution is -2.16. The van der Waals surface area contributed by atoms with Crippen LogP contribution in [0.3, 0.4) is 0 Å². The molecule has 11 rings (SSSR count). The minimum Gasteiger partial charge on any atom is -0.453 e. The number of benzene rings is 9. The normalized spacial score (nSPS) is 13.2. The molecular weight excluding hydrogens is 757 g/mol. The average molecular weight is 805 g/mol. The zero-order valence-corrected chi connectivity index (χ0v) is 36.0. The Kier molecular flexibility index (Phi) is 8.59. The molecule has 9 aromatic rings. The molecule has 4 nitrogen and oxygen atoms in total. The zero-order chi connectivity index (χ0) is 42.3. The first kappa shape index (κ1) is 37.7. The summed E-state index contributed by atoms with van der Waals surface area (Å²) >= 11 is 0. The molecule has 4 heteroatoms. The number of rotatable bonds is 4. The molecule has 0 atom stereocenters. The van der Waals surface area contributed by atoms with Gasteiger partial charge in [-0.3, -0.25) is 0 Å². The van der Waals surface area contributed by atoms with Gasteiger partial charge in [0.25, 0.3) is 0 Å². The van der Waals surface area contributed by atoms with Gasteiger partial charge in [0.2, 0.25) is 0 Å². The van der Waals surface area contributed by atoms with Crippen molar-refractivity contribution in [1.29, 1.82) is 0 Å². The first-order chi connectivity index (χ1) is 30.0. The smallest absolute Gasteiger partial charge is 0.151 e. The first-order valence-electron chi connectivity index (χ1n) is 21.6. The van der Waals surface area contributed by atoms with Gasteiger partial charge in [0.1, 0.15) is 0 Å². The molecule has 0 bridgehead atoms. The van der Waals surface area contributed by atoms with Crippen LogP contribution in [0.4, 0.5) is 34.1 Å². The van der Waals surface area contributed by atoms with Gasteiger partial charge in [0.05, 0.1) is 22.7 Å². The van der Waals surface area contributed by atoms with Crippen molar-refractivity contribution in [2.45, 2.75) is 52.4 Å². The largest absolute Gasteiger partial charge is 0.453 e. The zero-order valence-electron chi connectivity index (χ0n) is 36.0. The third-order valence-electron chi connectivity index (χ3n) is 12.5. The van der Waals surface area contributed by atoms with Gasteiger partial charge in [-0.2, -0.15) is 0 Å². The maximum atomic E-state index is 6.47. The number of para-hydroxylation sites is 8. The third-order valence-corrected chi connectivity index (χ3v) is 12.5. The second-order valence-corrected chi connectivity index (χ2v) is 18.6. The topological polar surface area (TPSA) is 24.9 Å². The van der Waals surface area contributed by atoms with Crippen molar-refractivity contribution >= 4 is 55.7 Å². The quantitative estimate of drug-likeness (QED) is 0.165. The molecular formula is C58H48N2O2. The Hall–Kier alpha value is -7.30. The molecule has 0 amide bonds. The van der Waals surface area contributed by atoms with Gasteiger partial charge in [-0.1, -0.05) is 151 Å². The van der Waals surface area contributed by atoms with Gasteiger partial charge in [-0.25, -0.2) is 0 Å². The first-order valence-corrected chi connectivity index (χ1v) is 21.6. The number of ether oxygens (including phenoxy) is 2. The third kappa shape index (κ3) is 6.20. The van der Waals surface area contributed by atoms with E-state index in [1.165, 1.54) is 54.9 Å². The summed E-state index contributed by atoms with van der Waals surface area (Å²) in [5.74, 6) is 3.34. The minimum absolute atomic E-state index is 0.0235. The van der Waals surface area contributed by atoms with Crippen molar-refractivity contribution in [2.24, 2.45) is 0 Å². The van der Waals surface area contributed by atoms with Crippen LogP contribution in [0.25, 0.3) is 43.8 Å². The van der Waals surface area contributed by atoms with E-state index in [2.05, 4.69) is 209 Å². The van der Waals surface area contributed by atoms with Crippen LogP contribution in [-0.4, -0.2) is 0 Å². The van der Waals surface area contributed by atoms with E-state index in [-0.39, 0.29) is 10.8 Å². The molecule has 0 saturated carbocycles. The Bertz CT molecular complexity index is 2900. The second-order valence-electron chi connectivity index (χ2n) is 18.6. The Morgan fingerprint density at radius 3 is 0.935 bits per heavy atom. The fourth-order valence-corrected chi connectivity index (χ4v) is 9.34. The number of hydrogen-bond donors (Lipinski definition) is 0. The molecule has 0 N–H and O–H groups in total. The molecule has 0 spiro atoms. The fourth-order valence-electron chi connectivity index (χ4n) is 9.34. The number of nitrogens with zero attached hydrogens (tertiary/aromatic N) is 2. The van der Waals surface area contributed by atoms with Crippen molar-refractivity contribution in [2.75, 3.05) is 9.80 Å². The molecule has 0 aromatic heterocycles. The van der Waals surface area contributed by atoms with Crippen molar-refractivity contribution in [3.05, 3.63) is 193 Å². The van der Waals surface area contributed by atoms with Gasteiger partial charge >= 0.3 is 0 Å². The fraction of sp³-hybridized carbons (Fsp3) is 0.138. The highest BCUT2D eigenvalue weighted by Crippen LogP contribution is 2.54. The van der Waals surface area contributed by atoms with E-state index in [1.54, 1.807) is 0 Å². The standard InChI is InChI=1S/C58H48N2O2/c1-57(2,3)39-27-23-37(24-28-39)55-43-33-31-42(60-49-17-9-13-21-53(49)62-54-22-14-10-18-50(54)60)36-46(43)56(38-25-29-40(30-26-38)58(4,5)6)44-34-32-41(35-45(44)55)59-47-15-7-11-19-51(47)61-52-20-12-8-16-48(52)59/h7-36H,1-6H3. The minimum atomic E-state index is 0.0235. The molecule has 2 aliphatic rings. The van der Waals surface area contributed by atoms with Gasteiger partial charge in [0, 0.05) is 11.4 Å². The summed E-state index contributed by atoms with van der Waals surface area (Å²) in [5.41, 5.74) is 13.6. The SMILES string of the molecule is CC(C)(C)c1ccc(-c2c3ccc(N4c5ccccc5Oc5ccccc54)cc3c(-c3ccc(C(C)(C)C)cc3)c3ccc(N4c5ccccc5Oc5ccccc54)cc23)cc1. The van der Waals surface area contributed by atoms with Crippen molar-refractivity contribution in [3.63, 3.8) is 0 Å². The lowest BCUT2D eigenvalue weighted by atomic mass is 9.82. The summed E-state index contributed by atoms with van der Waals surface area (Å²) in [6.07, 6.45) is 0. The summed E-state index contributed by atoms with van der Waals surface area (Å²) in [7, 11) is 0. The van der Waals surface area contributed by atoms with E-state index in [4.69, 9.17) is 9.47 Å². The van der Waals surface area contributed by atoms with E-state index in [0.29, 0.717) is 0 Å². The van der Waals surface area contributed by atoms with Gasteiger partial charge in [-0.15, -0.1) is 0 Å². The molecule has 0 aliphatic carbocycles.